The number of aromatic amines is 1. The van der Waals surface area contributed by atoms with Crippen molar-refractivity contribution in [3.8, 4) is 11.5 Å². The maximum Gasteiger partial charge on any atom is 0.304 e. The average molecular weight is 309 g/mol. The number of hydrogen-bond donors (Lipinski definition) is 5. The van der Waals surface area contributed by atoms with Gasteiger partial charge in [-0.05, 0) is 24.1 Å². The van der Waals surface area contributed by atoms with Crippen LogP contribution in [0.1, 0.15) is 11.3 Å². The number of rotatable bonds is 5. The van der Waals surface area contributed by atoms with Gasteiger partial charge in [0.15, 0.2) is 11.5 Å². The fourth-order valence-corrected chi connectivity index (χ4v) is 2.34. The van der Waals surface area contributed by atoms with E-state index in [0.717, 1.165) is 11.3 Å². The molecule has 112 valence electrons. The van der Waals surface area contributed by atoms with E-state index in [9.17, 15) is 19.8 Å². The van der Waals surface area contributed by atoms with Crippen LogP contribution in [0.5, 0.6) is 11.5 Å². The Balaban J connectivity index is 1.89. The molecule has 2 aromatic rings. The Morgan fingerprint density at radius 3 is 2.76 bits per heavy atom. The second-order valence-corrected chi connectivity index (χ2v) is 5.37. The minimum Gasteiger partial charge on any atom is -0.504 e. The minimum atomic E-state index is -0.792. The van der Waals surface area contributed by atoms with Crippen molar-refractivity contribution in [2.24, 2.45) is 5.73 Å². The number of aromatic hydroxyl groups is 2. The summed E-state index contributed by atoms with van der Waals surface area (Å²) in [5.74, 6) is -0.844. The molecular weight excluding hydrogens is 294 g/mol. The summed E-state index contributed by atoms with van der Waals surface area (Å²) in [7, 11) is 0. The van der Waals surface area contributed by atoms with Gasteiger partial charge in [0.2, 0.25) is 5.91 Å². The van der Waals surface area contributed by atoms with Gasteiger partial charge in [-0.2, -0.15) is 0 Å². The summed E-state index contributed by atoms with van der Waals surface area (Å²) in [5, 5.41) is 22.8. The van der Waals surface area contributed by atoms with E-state index >= 15 is 0 Å². The SMILES string of the molecule is N[C@@H](Cc1ccc(O)c(O)c1)C(=O)NCc1csc(=O)[nH]1. The average Bonchev–Trinajstić information content (AvgIpc) is 2.86. The van der Waals surface area contributed by atoms with Crippen LogP contribution < -0.4 is 15.9 Å². The molecule has 1 amide bonds. The van der Waals surface area contributed by atoms with Crippen LogP contribution >= 0.6 is 11.3 Å². The Hall–Kier alpha value is -2.32. The highest BCUT2D eigenvalue weighted by Gasteiger charge is 2.15. The first-order valence-corrected chi connectivity index (χ1v) is 7.04. The van der Waals surface area contributed by atoms with E-state index in [0.29, 0.717) is 11.3 Å². The maximum atomic E-state index is 11.8. The van der Waals surface area contributed by atoms with Crippen molar-refractivity contribution < 1.29 is 15.0 Å². The fourth-order valence-electron chi connectivity index (χ4n) is 1.76. The number of amides is 1. The molecule has 1 heterocycles. The molecule has 8 heteroatoms. The zero-order valence-electron chi connectivity index (χ0n) is 11.0. The quantitative estimate of drug-likeness (QED) is 0.498. The minimum absolute atomic E-state index is 0.178. The molecule has 0 aliphatic rings. The summed E-state index contributed by atoms with van der Waals surface area (Å²) in [6.07, 6.45) is 0.222. The van der Waals surface area contributed by atoms with Crippen molar-refractivity contribution in [3.05, 3.63) is 44.5 Å². The van der Waals surface area contributed by atoms with Crippen LogP contribution in [-0.2, 0) is 17.8 Å². The number of thiazole rings is 1. The monoisotopic (exact) mass is 309 g/mol. The molecule has 0 saturated heterocycles. The highest BCUT2D eigenvalue weighted by Crippen LogP contribution is 2.25. The maximum absolute atomic E-state index is 11.8. The number of phenols is 2. The van der Waals surface area contributed by atoms with E-state index in [1.165, 1.54) is 12.1 Å². The Morgan fingerprint density at radius 1 is 1.38 bits per heavy atom. The summed E-state index contributed by atoms with van der Waals surface area (Å²) in [6.45, 7) is 0.200. The van der Waals surface area contributed by atoms with Crippen LogP contribution in [0, 0.1) is 0 Å². The van der Waals surface area contributed by atoms with Crippen molar-refractivity contribution in [2.75, 3.05) is 0 Å². The zero-order valence-corrected chi connectivity index (χ0v) is 11.8. The van der Waals surface area contributed by atoms with Crippen LogP contribution in [-0.4, -0.2) is 27.1 Å². The predicted octanol–water partition coefficient (Wildman–Crippen LogP) is 0.0338. The Kier molecular flexibility index (Phi) is 4.61. The number of carbonyl (C=O) groups excluding carboxylic acids is 1. The standard InChI is InChI=1S/C13H15N3O4S/c14-9(3-7-1-2-10(17)11(18)4-7)12(19)15-5-8-6-21-13(20)16-8/h1-2,4,6,9,17-18H,3,5,14H2,(H,15,19)(H,16,20)/t9-/m0/s1. The first kappa shape index (κ1) is 15.1. The molecule has 7 nitrogen and oxygen atoms in total. The lowest BCUT2D eigenvalue weighted by atomic mass is 10.1. The molecule has 2 rings (SSSR count). The van der Waals surface area contributed by atoms with E-state index < -0.39 is 6.04 Å². The fraction of sp³-hybridized carbons (Fsp3) is 0.231. The smallest absolute Gasteiger partial charge is 0.304 e. The van der Waals surface area contributed by atoms with Gasteiger partial charge in [0.05, 0.1) is 12.6 Å². The molecule has 0 fully saturated rings. The van der Waals surface area contributed by atoms with Crippen LogP contribution in [0.4, 0.5) is 0 Å². The summed E-state index contributed by atoms with van der Waals surface area (Å²) in [5.41, 5.74) is 7.04. The Labute approximate surface area is 124 Å². The number of H-pyrrole nitrogens is 1. The molecule has 1 atom stereocenters. The second-order valence-electron chi connectivity index (χ2n) is 4.52. The van der Waals surface area contributed by atoms with Crippen molar-refractivity contribution in [1.82, 2.24) is 10.3 Å². The van der Waals surface area contributed by atoms with Gasteiger partial charge in [-0.3, -0.25) is 9.59 Å². The largest absolute Gasteiger partial charge is 0.504 e. The number of nitrogens with two attached hydrogens (primary N) is 1. The second kappa shape index (κ2) is 6.42. The summed E-state index contributed by atoms with van der Waals surface area (Å²) in [6, 6.07) is 3.49. The summed E-state index contributed by atoms with van der Waals surface area (Å²) >= 11 is 1.02. The Morgan fingerprint density at radius 2 is 2.14 bits per heavy atom. The van der Waals surface area contributed by atoms with E-state index in [2.05, 4.69) is 10.3 Å². The first-order valence-electron chi connectivity index (χ1n) is 6.16. The van der Waals surface area contributed by atoms with Crippen LogP contribution in [0.3, 0.4) is 0 Å². The molecule has 0 spiro atoms. The first-order chi connectivity index (χ1) is 9.95. The van der Waals surface area contributed by atoms with E-state index in [4.69, 9.17) is 5.73 Å². The number of carbonyl (C=O) groups is 1. The van der Waals surface area contributed by atoms with Gasteiger partial charge in [-0.1, -0.05) is 17.4 Å². The normalized spacial score (nSPS) is 12.0. The predicted molar refractivity (Wildman–Crippen MR) is 78.2 cm³/mol. The molecule has 0 unspecified atom stereocenters. The highest BCUT2D eigenvalue weighted by atomic mass is 32.1. The Bertz CT molecular complexity index is 695. The lowest BCUT2D eigenvalue weighted by Gasteiger charge is -2.12. The molecule has 0 radical (unpaired) electrons. The lowest BCUT2D eigenvalue weighted by Crippen LogP contribution is -2.41. The van der Waals surface area contributed by atoms with E-state index in [-0.39, 0.29) is 35.2 Å². The molecule has 1 aromatic carbocycles. The third kappa shape index (κ3) is 4.07. The van der Waals surface area contributed by atoms with Gasteiger partial charge in [0.25, 0.3) is 0 Å². The van der Waals surface area contributed by atoms with Gasteiger partial charge in [0.1, 0.15) is 0 Å². The molecule has 1 aromatic heterocycles. The van der Waals surface area contributed by atoms with Gasteiger partial charge in [-0.25, -0.2) is 0 Å². The van der Waals surface area contributed by atoms with Crippen molar-refractivity contribution in [2.45, 2.75) is 19.0 Å². The van der Waals surface area contributed by atoms with Crippen LogP contribution in [0.25, 0.3) is 0 Å². The van der Waals surface area contributed by atoms with Gasteiger partial charge in [-0.15, -0.1) is 0 Å². The van der Waals surface area contributed by atoms with E-state index in [1.54, 1.807) is 11.4 Å². The van der Waals surface area contributed by atoms with Crippen LogP contribution in [0.15, 0.2) is 28.4 Å². The third-order valence-corrected chi connectivity index (χ3v) is 3.57. The number of nitrogens with one attached hydrogen (secondary N) is 2. The lowest BCUT2D eigenvalue weighted by molar-refractivity contribution is -0.122. The molecular formula is C13H15N3O4S. The molecule has 6 N–H and O–H groups in total. The molecule has 0 saturated carbocycles. The zero-order chi connectivity index (χ0) is 15.4. The van der Waals surface area contributed by atoms with Gasteiger partial charge >= 0.3 is 4.87 Å². The molecule has 0 aliphatic heterocycles. The summed E-state index contributed by atoms with van der Waals surface area (Å²) < 4.78 is 0. The van der Waals surface area contributed by atoms with Crippen molar-refractivity contribution >= 4 is 17.2 Å². The topological polar surface area (TPSA) is 128 Å². The highest BCUT2D eigenvalue weighted by molar-refractivity contribution is 7.07. The van der Waals surface area contributed by atoms with Gasteiger partial charge < -0.3 is 26.2 Å². The van der Waals surface area contributed by atoms with Gasteiger partial charge in [0, 0.05) is 11.1 Å². The van der Waals surface area contributed by atoms with Crippen molar-refractivity contribution in [1.29, 1.82) is 0 Å². The number of benzene rings is 1. The van der Waals surface area contributed by atoms with Crippen LogP contribution in [0.2, 0.25) is 0 Å². The number of hydrogen-bond acceptors (Lipinski definition) is 6. The third-order valence-electron chi connectivity index (χ3n) is 2.86. The number of aromatic nitrogens is 1. The summed E-state index contributed by atoms with van der Waals surface area (Å²) in [4.78, 5) is 25.2. The van der Waals surface area contributed by atoms with Crippen molar-refractivity contribution in [3.63, 3.8) is 0 Å². The molecule has 0 aliphatic carbocycles. The van der Waals surface area contributed by atoms with E-state index in [1.807, 2.05) is 0 Å². The number of phenolic OH excluding ortho intramolecular Hbond substituents is 2. The molecule has 21 heavy (non-hydrogen) atoms. The molecule has 0 bridgehead atoms.